The number of amides is 1. The number of ketones is 1. The summed E-state index contributed by atoms with van der Waals surface area (Å²) >= 11 is 6.46. The van der Waals surface area contributed by atoms with Gasteiger partial charge >= 0.3 is 0 Å². The zero-order valence-electron chi connectivity index (χ0n) is 19.7. The number of hydrogen-bond acceptors (Lipinski definition) is 5. The highest BCUT2D eigenvalue weighted by Crippen LogP contribution is 2.38. The summed E-state index contributed by atoms with van der Waals surface area (Å²) in [6.45, 7) is 0. The molecule has 0 aliphatic carbocycles. The number of hydrogen-bond donors (Lipinski definition) is 4. The van der Waals surface area contributed by atoms with Crippen LogP contribution in [0, 0.1) is 0 Å². The molecule has 1 amide bonds. The van der Waals surface area contributed by atoms with Crippen LogP contribution >= 0.6 is 11.6 Å². The number of carbonyl (C=O) groups is 2. The molecule has 184 valence electrons. The van der Waals surface area contributed by atoms with Gasteiger partial charge in [0.15, 0.2) is 5.78 Å². The van der Waals surface area contributed by atoms with Gasteiger partial charge < -0.3 is 14.3 Å². The third-order valence-corrected chi connectivity index (χ3v) is 6.83. The van der Waals surface area contributed by atoms with Gasteiger partial charge in [-0.2, -0.15) is 0 Å². The van der Waals surface area contributed by atoms with E-state index < -0.39 is 11.9 Å². The molecule has 8 nitrogen and oxygen atoms in total. The molecule has 2 atom stereocenters. The van der Waals surface area contributed by atoms with E-state index in [1.165, 1.54) is 12.2 Å². The Kier molecular flexibility index (Phi) is 6.40. The Morgan fingerprint density at radius 3 is 2.78 bits per heavy atom. The molecule has 0 saturated heterocycles. The summed E-state index contributed by atoms with van der Waals surface area (Å²) < 4.78 is 7.22. The number of carbonyl (C=O) groups excluding carboxylic acids is 2. The number of benzene rings is 2. The number of Topliss-reactive ketones (excluding diaryl/α,β-unsaturated/α-hetero) is 1. The van der Waals surface area contributed by atoms with Gasteiger partial charge in [-0.1, -0.05) is 29.8 Å². The molecule has 3 heterocycles. The van der Waals surface area contributed by atoms with Gasteiger partial charge in [0.25, 0.3) is 5.91 Å². The first kappa shape index (κ1) is 23.9. The van der Waals surface area contributed by atoms with Gasteiger partial charge in [-0.3, -0.25) is 20.1 Å². The van der Waals surface area contributed by atoms with Gasteiger partial charge in [0.2, 0.25) is 0 Å². The molecule has 0 saturated carbocycles. The van der Waals surface area contributed by atoms with Crippen LogP contribution in [0.4, 0.5) is 0 Å². The SMILES string of the molecule is COc1cc2c(cc1Cl)CC(C(=O)c1cc(/C=C/C(=O)NO)n(C)c1)NC2c1cc2ccccc2[nH]1. The van der Waals surface area contributed by atoms with Crippen molar-refractivity contribution < 1.29 is 19.5 Å². The quantitative estimate of drug-likeness (QED) is 0.136. The number of nitrogens with one attached hydrogen (secondary N) is 3. The third-order valence-electron chi connectivity index (χ3n) is 6.54. The lowest BCUT2D eigenvalue weighted by atomic mass is 9.86. The predicted molar refractivity (Wildman–Crippen MR) is 137 cm³/mol. The summed E-state index contributed by atoms with van der Waals surface area (Å²) in [6, 6.07) is 14.9. The lowest BCUT2D eigenvalue weighted by molar-refractivity contribution is -0.124. The minimum absolute atomic E-state index is 0.0736. The fourth-order valence-electron chi connectivity index (χ4n) is 4.74. The van der Waals surface area contributed by atoms with Gasteiger partial charge in [-0.25, -0.2) is 5.48 Å². The third kappa shape index (κ3) is 4.42. The van der Waals surface area contributed by atoms with Crippen molar-refractivity contribution in [2.24, 2.45) is 7.05 Å². The Morgan fingerprint density at radius 2 is 2.03 bits per heavy atom. The minimum atomic E-state index is -0.650. The molecule has 2 aromatic carbocycles. The summed E-state index contributed by atoms with van der Waals surface area (Å²) in [5.41, 5.74) is 6.63. The number of ether oxygens (including phenoxy) is 1. The largest absolute Gasteiger partial charge is 0.495 e. The average molecular weight is 505 g/mol. The number of hydroxylamine groups is 1. The van der Waals surface area contributed by atoms with Crippen molar-refractivity contribution in [3.8, 4) is 5.75 Å². The van der Waals surface area contributed by atoms with Crippen LogP contribution in [0.15, 0.2) is 60.8 Å². The van der Waals surface area contributed by atoms with Crippen LogP contribution in [-0.4, -0.2) is 39.6 Å². The minimum Gasteiger partial charge on any atom is -0.495 e. The van der Waals surface area contributed by atoms with Gasteiger partial charge in [-0.15, -0.1) is 0 Å². The smallest absolute Gasteiger partial charge is 0.267 e. The van der Waals surface area contributed by atoms with E-state index >= 15 is 0 Å². The first-order chi connectivity index (χ1) is 17.4. The average Bonchev–Trinajstić information content (AvgIpc) is 3.48. The number of methoxy groups -OCH3 is 1. The molecular weight excluding hydrogens is 480 g/mol. The molecule has 2 aromatic heterocycles. The van der Waals surface area contributed by atoms with Crippen molar-refractivity contribution in [1.82, 2.24) is 20.3 Å². The van der Waals surface area contributed by atoms with Crippen LogP contribution in [0.25, 0.3) is 17.0 Å². The van der Waals surface area contributed by atoms with E-state index in [4.69, 9.17) is 21.5 Å². The van der Waals surface area contributed by atoms with Gasteiger partial charge in [0.05, 0.1) is 24.2 Å². The highest BCUT2D eigenvalue weighted by Gasteiger charge is 2.34. The summed E-state index contributed by atoms with van der Waals surface area (Å²) in [6.07, 6.45) is 4.92. The topological polar surface area (TPSA) is 108 Å². The van der Waals surface area contributed by atoms with E-state index in [1.807, 2.05) is 36.4 Å². The number of halogens is 1. The molecule has 1 aliphatic rings. The fourth-order valence-corrected chi connectivity index (χ4v) is 5.00. The number of H-pyrrole nitrogens is 1. The van der Waals surface area contributed by atoms with Crippen molar-refractivity contribution in [3.63, 3.8) is 0 Å². The number of para-hydroxylation sites is 1. The van der Waals surface area contributed by atoms with Crippen LogP contribution in [0.1, 0.15) is 38.9 Å². The summed E-state index contributed by atoms with van der Waals surface area (Å²) in [4.78, 5) is 28.5. The Morgan fingerprint density at radius 1 is 1.22 bits per heavy atom. The molecule has 4 aromatic rings. The summed E-state index contributed by atoms with van der Waals surface area (Å²) in [5.74, 6) is -0.145. The number of aryl methyl sites for hydroxylation is 1. The molecule has 0 bridgehead atoms. The standard InChI is InChI=1S/C27H25ClN4O4/c1-32-14-17(9-18(32)7-8-25(33)31-35)27(34)23-12-16-10-20(28)24(36-2)13-19(16)26(30-23)22-11-15-5-3-4-6-21(15)29-22/h3-11,13-14,23,26,29-30,35H,12H2,1-2H3,(H,31,33)/b8-7+. The maximum atomic E-state index is 13.6. The van der Waals surface area contributed by atoms with Crippen molar-refractivity contribution in [1.29, 1.82) is 0 Å². The Balaban J connectivity index is 1.52. The Labute approximate surface area is 212 Å². The van der Waals surface area contributed by atoms with Crippen LogP contribution < -0.4 is 15.5 Å². The second-order valence-electron chi connectivity index (χ2n) is 8.79. The molecule has 2 unspecified atom stereocenters. The number of nitrogens with zero attached hydrogens (tertiary/aromatic N) is 1. The van der Waals surface area contributed by atoms with Crippen LogP contribution in [0.2, 0.25) is 5.02 Å². The first-order valence-corrected chi connectivity index (χ1v) is 11.8. The van der Waals surface area contributed by atoms with Crippen molar-refractivity contribution in [3.05, 3.63) is 93.9 Å². The molecule has 36 heavy (non-hydrogen) atoms. The van der Waals surface area contributed by atoms with E-state index in [0.29, 0.717) is 28.5 Å². The normalized spacial score (nSPS) is 17.3. The molecule has 5 rings (SSSR count). The van der Waals surface area contributed by atoms with Gasteiger partial charge in [-0.05, 0) is 59.3 Å². The first-order valence-electron chi connectivity index (χ1n) is 11.4. The number of rotatable bonds is 6. The van der Waals surface area contributed by atoms with E-state index in [0.717, 1.165) is 27.7 Å². The Bertz CT molecular complexity index is 1470. The maximum Gasteiger partial charge on any atom is 0.267 e. The number of fused-ring (bicyclic) bond motifs is 2. The van der Waals surface area contributed by atoms with E-state index in [2.05, 4.69) is 16.4 Å². The molecule has 0 spiro atoms. The van der Waals surface area contributed by atoms with E-state index in [9.17, 15) is 9.59 Å². The second kappa shape index (κ2) is 9.66. The lowest BCUT2D eigenvalue weighted by Gasteiger charge is -2.32. The summed E-state index contributed by atoms with van der Waals surface area (Å²) in [7, 11) is 3.37. The predicted octanol–water partition coefficient (Wildman–Crippen LogP) is 4.17. The molecule has 0 radical (unpaired) electrons. The van der Waals surface area contributed by atoms with E-state index in [-0.39, 0.29) is 11.8 Å². The lowest BCUT2D eigenvalue weighted by Crippen LogP contribution is -2.45. The zero-order valence-corrected chi connectivity index (χ0v) is 20.5. The Hall–Kier alpha value is -3.85. The van der Waals surface area contributed by atoms with E-state index in [1.54, 1.807) is 36.5 Å². The number of aromatic amines is 1. The van der Waals surface area contributed by atoms with Gasteiger partial charge in [0.1, 0.15) is 5.75 Å². The van der Waals surface area contributed by atoms with Gasteiger partial charge in [0, 0.05) is 41.8 Å². The molecule has 0 fully saturated rings. The number of aromatic nitrogens is 2. The van der Waals surface area contributed by atoms with Crippen LogP contribution in [0.5, 0.6) is 5.75 Å². The van der Waals surface area contributed by atoms with Crippen LogP contribution in [-0.2, 0) is 18.3 Å². The second-order valence-corrected chi connectivity index (χ2v) is 9.20. The fraction of sp³-hybridized carbons (Fsp3) is 0.185. The summed E-state index contributed by atoms with van der Waals surface area (Å²) in [5, 5.41) is 13.8. The van der Waals surface area contributed by atoms with Crippen molar-refractivity contribution >= 4 is 40.3 Å². The zero-order chi connectivity index (χ0) is 25.4. The highest BCUT2D eigenvalue weighted by atomic mass is 35.5. The maximum absolute atomic E-state index is 13.6. The van der Waals surface area contributed by atoms with Crippen LogP contribution in [0.3, 0.4) is 0 Å². The molecule has 1 aliphatic heterocycles. The highest BCUT2D eigenvalue weighted by molar-refractivity contribution is 6.32. The molecule has 4 N–H and O–H groups in total. The molecular formula is C27H25ClN4O4. The van der Waals surface area contributed by atoms with Crippen molar-refractivity contribution in [2.75, 3.05) is 7.11 Å². The molecule has 9 heteroatoms. The monoisotopic (exact) mass is 504 g/mol. The van der Waals surface area contributed by atoms with Crippen molar-refractivity contribution in [2.45, 2.75) is 18.5 Å².